The molecule has 0 saturated carbocycles. The standard InChI is InChI=1S/C27H19ClF6N2O5/c28-19-8-4-15(5-9-19)13-22(25(39)40)36-24(38)21(14-16-2-1-3-18(12-16)26(29,30)31)35-23(37)17-6-10-20(11-7-17)41-27(32,33)34/h1-12,14,22H,13H2,(H,35,37)(H,36,38)(H,39,40)/b21-14+/t22-/m0/s1. The fourth-order valence-corrected chi connectivity index (χ4v) is 3.55. The molecule has 0 fully saturated rings. The highest BCUT2D eigenvalue weighted by atomic mass is 35.5. The molecule has 3 aromatic rings. The van der Waals surface area contributed by atoms with Gasteiger partial charge in [0.15, 0.2) is 0 Å². The molecular formula is C27H19ClF6N2O5. The van der Waals surface area contributed by atoms with E-state index in [1.165, 1.54) is 30.3 Å². The van der Waals surface area contributed by atoms with Crippen molar-refractivity contribution in [2.24, 2.45) is 0 Å². The van der Waals surface area contributed by atoms with Crippen LogP contribution in [0.4, 0.5) is 26.3 Å². The van der Waals surface area contributed by atoms with Gasteiger partial charge in [0.2, 0.25) is 0 Å². The fraction of sp³-hybridized carbons (Fsp3) is 0.148. The number of hydrogen-bond acceptors (Lipinski definition) is 4. The largest absolute Gasteiger partial charge is 0.573 e. The van der Waals surface area contributed by atoms with Crippen LogP contribution < -0.4 is 15.4 Å². The van der Waals surface area contributed by atoms with Gasteiger partial charge >= 0.3 is 18.5 Å². The minimum atomic E-state index is -4.98. The fourth-order valence-electron chi connectivity index (χ4n) is 3.42. The lowest BCUT2D eigenvalue weighted by Gasteiger charge is -2.17. The molecule has 0 unspecified atom stereocenters. The minimum absolute atomic E-state index is 0.163. The van der Waals surface area contributed by atoms with Crippen LogP contribution in [0.1, 0.15) is 27.0 Å². The van der Waals surface area contributed by atoms with E-state index in [-0.39, 0.29) is 17.5 Å². The van der Waals surface area contributed by atoms with Gasteiger partial charge in [0.25, 0.3) is 11.8 Å². The Balaban J connectivity index is 1.91. The van der Waals surface area contributed by atoms with Gasteiger partial charge in [-0.3, -0.25) is 9.59 Å². The summed E-state index contributed by atoms with van der Waals surface area (Å²) >= 11 is 5.83. The van der Waals surface area contributed by atoms with E-state index in [4.69, 9.17) is 11.6 Å². The van der Waals surface area contributed by atoms with Gasteiger partial charge in [-0.1, -0.05) is 35.9 Å². The van der Waals surface area contributed by atoms with Gasteiger partial charge in [-0.15, -0.1) is 13.2 Å². The summed E-state index contributed by atoms with van der Waals surface area (Å²) in [5, 5.41) is 14.4. The summed E-state index contributed by atoms with van der Waals surface area (Å²) < 4.78 is 80.6. The monoisotopic (exact) mass is 600 g/mol. The molecule has 0 aliphatic carbocycles. The predicted molar refractivity (Wildman–Crippen MR) is 135 cm³/mol. The van der Waals surface area contributed by atoms with Gasteiger partial charge in [-0.05, 0) is 65.7 Å². The van der Waals surface area contributed by atoms with E-state index in [0.717, 1.165) is 42.5 Å². The maximum Gasteiger partial charge on any atom is 0.573 e. The molecule has 0 radical (unpaired) electrons. The summed E-state index contributed by atoms with van der Waals surface area (Å²) in [6.07, 6.45) is -9.01. The van der Waals surface area contributed by atoms with Crippen LogP contribution in [0, 0.1) is 0 Å². The number of ether oxygens (including phenoxy) is 1. The second kappa shape index (κ2) is 12.8. The van der Waals surface area contributed by atoms with Crippen molar-refractivity contribution in [2.45, 2.75) is 25.0 Å². The van der Waals surface area contributed by atoms with Crippen LogP contribution >= 0.6 is 11.6 Å². The number of nitrogens with one attached hydrogen (secondary N) is 2. The van der Waals surface area contributed by atoms with Crippen LogP contribution in [0.5, 0.6) is 5.75 Å². The number of halogens is 7. The lowest BCUT2D eigenvalue weighted by Crippen LogP contribution is -2.45. The molecule has 41 heavy (non-hydrogen) atoms. The first-order chi connectivity index (χ1) is 19.1. The normalized spacial score (nSPS) is 12.8. The second-order valence-corrected chi connectivity index (χ2v) is 8.84. The molecule has 216 valence electrons. The highest BCUT2D eigenvalue weighted by Gasteiger charge is 2.32. The Morgan fingerprint density at radius 1 is 0.927 bits per heavy atom. The minimum Gasteiger partial charge on any atom is -0.480 e. The Kier molecular flexibility index (Phi) is 9.66. The molecule has 3 rings (SSSR count). The summed E-state index contributed by atoms with van der Waals surface area (Å²) in [7, 11) is 0. The molecule has 1 atom stereocenters. The third kappa shape index (κ3) is 9.57. The lowest BCUT2D eigenvalue weighted by molar-refractivity contribution is -0.274. The zero-order valence-corrected chi connectivity index (χ0v) is 21.3. The molecule has 0 bridgehead atoms. The zero-order valence-electron chi connectivity index (χ0n) is 20.5. The van der Waals surface area contributed by atoms with Gasteiger partial charge in [-0.2, -0.15) is 13.2 Å². The molecule has 0 aliphatic rings. The van der Waals surface area contributed by atoms with Gasteiger partial charge in [0.1, 0.15) is 17.5 Å². The Morgan fingerprint density at radius 3 is 2.12 bits per heavy atom. The highest BCUT2D eigenvalue weighted by molar-refractivity contribution is 6.30. The number of benzene rings is 3. The van der Waals surface area contributed by atoms with Crippen molar-refractivity contribution in [2.75, 3.05) is 0 Å². The van der Waals surface area contributed by atoms with Crippen molar-refractivity contribution < 1.29 is 50.6 Å². The van der Waals surface area contributed by atoms with E-state index in [2.05, 4.69) is 15.4 Å². The summed E-state index contributed by atoms with van der Waals surface area (Å²) in [6, 6.07) is 11.9. The van der Waals surface area contributed by atoms with Crippen molar-refractivity contribution in [1.82, 2.24) is 10.6 Å². The van der Waals surface area contributed by atoms with Crippen molar-refractivity contribution >= 4 is 35.5 Å². The summed E-state index contributed by atoms with van der Waals surface area (Å²) in [4.78, 5) is 37.8. The van der Waals surface area contributed by atoms with Crippen LogP contribution in [0.25, 0.3) is 6.08 Å². The predicted octanol–water partition coefficient (Wildman–Crippen LogP) is 5.84. The zero-order chi connectivity index (χ0) is 30.4. The first kappa shape index (κ1) is 31.0. The van der Waals surface area contributed by atoms with Crippen molar-refractivity contribution in [3.8, 4) is 5.75 Å². The maximum atomic E-state index is 13.2. The van der Waals surface area contributed by atoms with Crippen molar-refractivity contribution in [1.29, 1.82) is 0 Å². The summed E-state index contributed by atoms with van der Waals surface area (Å²) in [5.41, 5.74) is -1.60. The van der Waals surface area contributed by atoms with Crippen molar-refractivity contribution in [3.63, 3.8) is 0 Å². The SMILES string of the molecule is O=C(N[C@@H](Cc1ccc(Cl)cc1)C(=O)O)/C(=C\c1cccc(C(F)(F)F)c1)NC(=O)c1ccc(OC(F)(F)F)cc1. The average Bonchev–Trinajstić information content (AvgIpc) is 2.88. The number of alkyl halides is 6. The number of amides is 2. The molecular weight excluding hydrogens is 582 g/mol. The molecule has 0 spiro atoms. The van der Waals surface area contributed by atoms with Crippen LogP contribution in [0.15, 0.2) is 78.5 Å². The number of hydrogen-bond donors (Lipinski definition) is 3. The Morgan fingerprint density at radius 2 is 1.56 bits per heavy atom. The number of carboxylic acid groups (broad SMARTS) is 1. The van der Waals surface area contributed by atoms with E-state index in [1.54, 1.807) is 0 Å². The Labute approximate surface area is 233 Å². The molecule has 14 heteroatoms. The van der Waals surface area contributed by atoms with Crippen LogP contribution in [-0.4, -0.2) is 35.3 Å². The number of carboxylic acids is 1. The topological polar surface area (TPSA) is 105 Å². The summed E-state index contributed by atoms with van der Waals surface area (Å²) in [5.74, 6) is -4.26. The number of carbonyl (C=O) groups is 3. The smallest absolute Gasteiger partial charge is 0.480 e. The molecule has 3 N–H and O–H groups in total. The van der Waals surface area contributed by atoms with Crippen molar-refractivity contribution in [3.05, 3.63) is 106 Å². The molecule has 0 heterocycles. The average molecular weight is 601 g/mol. The number of aliphatic carboxylic acids is 1. The number of carbonyl (C=O) groups excluding carboxylic acids is 2. The third-order valence-electron chi connectivity index (χ3n) is 5.32. The number of rotatable bonds is 9. The van der Waals surface area contributed by atoms with Crippen LogP contribution in [-0.2, 0) is 22.2 Å². The highest BCUT2D eigenvalue weighted by Crippen LogP contribution is 2.30. The van der Waals surface area contributed by atoms with E-state index < -0.39 is 53.4 Å². The van der Waals surface area contributed by atoms with Crippen LogP contribution in [0.2, 0.25) is 5.02 Å². The van der Waals surface area contributed by atoms with Gasteiger partial charge in [0.05, 0.1) is 5.56 Å². The Bertz CT molecular complexity index is 1440. The Hall–Kier alpha value is -4.52. The molecule has 7 nitrogen and oxygen atoms in total. The molecule has 0 saturated heterocycles. The third-order valence-corrected chi connectivity index (χ3v) is 5.58. The molecule has 3 aromatic carbocycles. The van der Waals surface area contributed by atoms with E-state index in [0.29, 0.717) is 16.7 Å². The van der Waals surface area contributed by atoms with Gasteiger partial charge in [0, 0.05) is 17.0 Å². The first-order valence-electron chi connectivity index (χ1n) is 11.4. The van der Waals surface area contributed by atoms with Crippen LogP contribution in [0.3, 0.4) is 0 Å². The molecule has 0 aromatic heterocycles. The second-order valence-electron chi connectivity index (χ2n) is 8.40. The van der Waals surface area contributed by atoms with E-state index in [9.17, 15) is 45.8 Å². The van der Waals surface area contributed by atoms with Gasteiger partial charge < -0.3 is 20.5 Å². The van der Waals surface area contributed by atoms with E-state index >= 15 is 0 Å². The van der Waals surface area contributed by atoms with E-state index in [1.807, 2.05) is 0 Å². The first-order valence-corrected chi connectivity index (χ1v) is 11.8. The summed E-state index contributed by atoms with van der Waals surface area (Å²) in [6.45, 7) is 0. The molecule has 0 aliphatic heterocycles. The van der Waals surface area contributed by atoms with Gasteiger partial charge in [-0.25, -0.2) is 4.79 Å². The molecule has 2 amide bonds. The quantitative estimate of drug-likeness (QED) is 0.211. The maximum absolute atomic E-state index is 13.2. The lowest BCUT2D eigenvalue weighted by atomic mass is 10.1.